The van der Waals surface area contributed by atoms with Crippen molar-refractivity contribution in [3.8, 4) is 0 Å². The van der Waals surface area contributed by atoms with E-state index in [0.717, 1.165) is 20.9 Å². The van der Waals surface area contributed by atoms with E-state index in [1.165, 1.54) is 9.88 Å². The highest BCUT2D eigenvalue weighted by atomic mass is 79.9. The van der Waals surface area contributed by atoms with E-state index < -0.39 is 0 Å². The van der Waals surface area contributed by atoms with Crippen LogP contribution in [0.25, 0.3) is 0 Å². The smallest absolute Gasteiger partial charge is 0.0985 e. The fourth-order valence-electron chi connectivity index (χ4n) is 2.04. The Kier molecular flexibility index (Phi) is 5.01. The summed E-state index contributed by atoms with van der Waals surface area (Å²) in [5.41, 5.74) is 2.24. The summed E-state index contributed by atoms with van der Waals surface area (Å²) in [6.07, 6.45) is 0. The number of aryl methyl sites for hydroxylation is 1. The van der Waals surface area contributed by atoms with Gasteiger partial charge < -0.3 is 5.32 Å². The van der Waals surface area contributed by atoms with Gasteiger partial charge in [-0.15, -0.1) is 11.3 Å². The summed E-state index contributed by atoms with van der Waals surface area (Å²) < 4.78 is 0.972. The Balaban J connectivity index is 2.24. The molecule has 0 saturated carbocycles. The average Bonchev–Trinajstić information content (AvgIpc) is 2.75. The minimum Gasteiger partial charge on any atom is -0.377 e. The van der Waals surface area contributed by atoms with Crippen molar-refractivity contribution in [2.45, 2.75) is 46.1 Å². The molecule has 0 bridgehead atoms. The van der Waals surface area contributed by atoms with E-state index in [9.17, 15) is 0 Å². The van der Waals surface area contributed by atoms with Gasteiger partial charge in [-0.25, -0.2) is 4.98 Å². The van der Waals surface area contributed by atoms with Crippen molar-refractivity contribution in [3.05, 3.63) is 43.3 Å². The van der Waals surface area contributed by atoms with Gasteiger partial charge in [0.05, 0.1) is 16.7 Å². The zero-order valence-electron chi connectivity index (χ0n) is 12.9. The zero-order chi connectivity index (χ0) is 15.8. The van der Waals surface area contributed by atoms with Gasteiger partial charge in [0.1, 0.15) is 0 Å². The second-order valence-corrected chi connectivity index (χ2v) is 8.53. The molecular weight excluding hydrogens is 368 g/mol. The second-order valence-electron chi connectivity index (χ2n) is 6.21. The van der Waals surface area contributed by atoms with E-state index in [4.69, 9.17) is 16.6 Å². The zero-order valence-corrected chi connectivity index (χ0v) is 16.1. The van der Waals surface area contributed by atoms with Crippen LogP contribution < -0.4 is 5.32 Å². The van der Waals surface area contributed by atoms with Gasteiger partial charge in [-0.3, -0.25) is 0 Å². The van der Waals surface area contributed by atoms with Crippen LogP contribution >= 0.6 is 38.9 Å². The fourth-order valence-corrected chi connectivity index (χ4v) is 3.96. The maximum Gasteiger partial charge on any atom is 0.0985 e. The summed E-state index contributed by atoms with van der Waals surface area (Å²) in [4.78, 5) is 6.01. The first-order chi connectivity index (χ1) is 9.68. The number of nitrogens with zero attached hydrogens (tertiary/aromatic N) is 1. The third-order valence-electron chi connectivity index (χ3n) is 3.17. The molecule has 114 valence electrons. The number of benzene rings is 1. The van der Waals surface area contributed by atoms with Crippen molar-refractivity contribution < 1.29 is 0 Å². The van der Waals surface area contributed by atoms with Crippen LogP contribution in [-0.2, 0) is 5.41 Å². The number of nitrogens with one attached hydrogen (secondary N) is 1. The SMILES string of the molecule is Cc1nc(C(C)(C)C)sc1C(C)Nc1ccc(Cl)cc1Br. The van der Waals surface area contributed by atoms with Gasteiger partial charge in [0, 0.05) is 25.5 Å². The lowest BCUT2D eigenvalue weighted by Gasteiger charge is -2.16. The number of rotatable bonds is 3. The largest absolute Gasteiger partial charge is 0.377 e. The molecule has 0 radical (unpaired) electrons. The first-order valence-corrected chi connectivity index (χ1v) is 8.86. The van der Waals surface area contributed by atoms with Crippen LogP contribution in [0, 0.1) is 6.92 Å². The molecule has 2 nitrogen and oxygen atoms in total. The second kappa shape index (κ2) is 6.27. The quantitative estimate of drug-likeness (QED) is 0.664. The standard InChI is InChI=1S/C16H20BrClN2S/c1-9(19-13-7-6-11(18)8-12(13)17)14-10(2)20-15(21-14)16(3,4)5/h6-9,19H,1-5H3. The highest BCUT2D eigenvalue weighted by Crippen LogP contribution is 2.35. The Labute approximate surface area is 144 Å². The molecule has 5 heteroatoms. The number of anilines is 1. The Morgan fingerprint density at radius 1 is 1.33 bits per heavy atom. The van der Waals surface area contributed by atoms with Crippen LogP contribution in [0.4, 0.5) is 5.69 Å². The minimum atomic E-state index is 0.0915. The maximum absolute atomic E-state index is 5.98. The van der Waals surface area contributed by atoms with Gasteiger partial charge in [-0.05, 0) is 48.0 Å². The van der Waals surface area contributed by atoms with Crippen molar-refractivity contribution >= 4 is 44.6 Å². The molecule has 0 spiro atoms. The molecule has 2 aromatic rings. The van der Waals surface area contributed by atoms with E-state index in [2.05, 4.69) is 55.9 Å². The monoisotopic (exact) mass is 386 g/mol. The molecular formula is C16H20BrClN2S. The summed E-state index contributed by atoms with van der Waals surface area (Å²) >= 11 is 11.3. The Hall–Kier alpha value is -0.580. The molecule has 0 aliphatic heterocycles. The van der Waals surface area contributed by atoms with Crippen LogP contribution in [0.15, 0.2) is 22.7 Å². The van der Waals surface area contributed by atoms with E-state index in [1.807, 2.05) is 18.2 Å². The van der Waals surface area contributed by atoms with Gasteiger partial charge in [0.15, 0.2) is 0 Å². The Morgan fingerprint density at radius 3 is 2.52 bits per heavy atom. The molecule has 0 fully saturated rings. The van der Waals surface area contributed by atoms with Crippen LogP contribution in [0.2, 0.25) is 5.02 Å². The summed E-state index contributed by atoms with van der Waals surface area (Å²) in [6.45, 7) is 10.8. The maximum atomic E-state index is 5.98. The minimum absolute atomic E-state index is 0.0915. The number of halogens is 2. The number of hydrogen-bond donors (Lipinski definition) is 1. The van der Waals surface area contributed by atoms with E-state index >= 15 is 0 Å². The van der Waals surface area contributed by atoms with Crippen LogP contribution in [-0.4, -0.2) is 4.98 Å². The molecule has 1 unspecified atom stereocenters. The third-order valence-corrected chi connectivity index (χ3v) is 5.83. The fraction of sp³-hybridized carbons (Fsp3) is 0.438. The first-order valence-electron chi connectivity index (χ1n) is 6.88. The van der Waals surface area contributed by atoms with Crippen molar-refractivity contribution in [2.75, 3.05) is 5.32 Å². The van der Waals surface area contributed by atoms with Crippen molar-refractivity contribution in [2.24, 2.45) is 0 Å². The topological polar surface area (TPSA) is 24.9 Å². The van der Waals surface area contributed by atoms with Crippen LogP contribution in [0.3, 0.4) is 0 Å². The third kappa shape index (κ3) is 3.99. The molecule has 1 N–H and O–H groups in total. The molecule has 0 aliphatic rings. The number of hydrogen-bond acceptors (Lipinski definition) is 3. The van der Waals surface area contributed by atoms with Gasteiger partial charge in [0.25, 0.3) is 0 Å². The van der Waals surface area contributed by atoms with E-state index in [1.54, 1.807) is 11.3 Å². The number of aromatic nitrogens is 1. The highest BCUT2D eigenvalue weighted by molar-refractivity contribution is 9.10. The lowest BCUT2D eigenvalue weighted by molar-refractivity contribution is 0.584. The van der Waals surface area contributed by atoms with Gasteiger partial charge in [-0.2, -0.15) is 0 Å². The van der Waals surface area contributed by atoms with Gasteiger partial charge in [0.2, 0.25) is 0 Å². The molecule has 0 saturated heterocycles. The molecule has 0 amide bonds. The molecule has 0 aliphatic carbocycles. The Bertz CT molecular complexity index is 646. The van der Waals surface area contributed by atoms with Crippen LogP contribution in [0.1, 0.15) is 49.3 Å². The lowest BCUT2D eigenvalue weighted by atomic mass is 9.98. The Morgan fingerprint density at radius 2 is 2.00 bits per heavy atom. The normalized spacial score (nSPS) is 13.3. The predicted molar refractivity (Wildman–Crippen MR) is 96.7 cm³/mol. The molecule has 1 heterocycles. The van der Waals surface area contributed by atoms with Crippen molar-refractivity contribution in [1.82, 2.24) is 4.98 Å². The molecule has 1 aromatic heterocycles. The summed E-state index contributed by atoms with van der Waals surface area (Å²) in [5.74, 6) is 0. The van der Waals surface area contributed by atoms with E-state index in [0.29, 0.717) is 0 Å². The van der Waals surface area contributed by atoms with Crippen molar-refractivity contribution in [3.63, 3.8) is 0 Å². The predicted octanol–water partition coefficient (Wildman–Crippen LogP) is 6.34. The molecule has 1 atom stereocenters. The average molecular weight is 388 g/mol. The van der Waals surface area contributed by atoms with E-state index in [-0.39, 0.29) is 11.5 Å². The van der Waals surface area contributed by atoms with Gasteiger partial charge in [-0.1, -0.05) is 32.4 Å². The van der Waals surface area contributed by atoms with Crippen LogP contribution in [0.5, 0.6) is 0 Å². The molecule has 2 rings (SSSR count). The number of thiazole rings is 1. The molecule has 21 heavy (non-hydrogen) atoms. The van der Waals surface area contributed by atoms with Crippen molar-refractivity contribution in [1.29, 1.82) is 0 Å². The molecule has 1 aromatic carbocycles. The first kappa shape index (κ1) is 16.8. The summed E-state index contributed by atoms with van der Waals surface area (Å²) in [5, 5.41) is 5.43. The summed E-state index contributed by atoms with van der Waals surface area (Å²) in [6, 6.07) is 5.98. The highest BCUT2D eigenvalue weighted by Gasteiger charge is 2.22. The lowest BCUT2D eigenvalue weighted by Crippen LogP contribution is -2.10. The summed E-state index contributed by atoms with van der Waals surface area (Å²) in [7, 11) is 0. The van der Waals surface area contributed by atoms with Gasteiger partial charge >= 0.3 is 0 Å².